The number of carbonyl (C=O) groups is 1. The molecule has 0 aliphatic rings. The zero-order valence-corrected chi connectivity index (χ0v) is 15.8. The zero-order valence-electron chi connectivity index (χ0n) is 15.8. The van der Waals surface area contributed by atoms with Crippen molar-refractivity contribution in [1.29, 1.82) is 0 Å². The van der Waals surface area contributed by atoms with Gasteiger partial charge in [0.25, 0.3) is 0 Å². The van der Waals surface area contributed by atoms with Crippen LogP contribution in [0.15, 0.2) is 22.7 Å². The normalized spacial score (nSPS) is 12.1. The molecular weight excluding hydrogens is 318 g/mol. The third-order valence-electron chi connectivity index (χ3n) is 3.89. The Morgan fingerprint density at radius 2 is 1.96 bits per heavy atom. The number of nitrogens with one attached hydrogen (secondary N) is 2. The van der Waals surface area contributed by atoms with E-state index in [0.29, 0.717) is 6.42 Å². The SMILES string of the molecule is Cc1cc(OC(C)C)ccc1NC(=O)N[C@@H](C)Cc1c(C)noc1C. The molecular formula is C19H27N3O3. The Kier molecular flexibility index (Phi) is 6.07. The fourth-order valence-electron chi connectivity index (χ4n) is 2.65. The Labute approximate surface area is 148 Å². The van der Waals surface area contributed by atoms with E-state index in [1.54, 1.807) is 0 Å². The van der Waals surface area contributed by atoms with Gasteiger partial charge in [-0.05, 0) is 71.7 Å². The first kappa shape index (κ1) is 18.8. The highest BCUT2D eigenvalue weighted by Crippen LogP contribution is 2.22. The molecule has 0 aliphatic carbocycles. The van der Waals surface area contributed by atoms with E-state index in [1.807, 2.05) is 59.7 Å². The van der Waals surface area contributed by atoms with Crippen molar-refractivity contribution in [3.8, 4) is 5.75 Å². The minimum atomic E-state index is -0.236. The van der Waals surface area contributed by atoms with E-state index in [9.17, 15) is 4.79 Å². The van der Waals surface area contributed by atoms with Gasteiger partial charge < -0.3 is 19.9 Å². The molecule has 0 saturated carbocycles. The molecule has 25 heavy (non-hydrogen) atoms. The summed E-state index contributed by atoms with van der Waals surface area (Å²) in [6, 6.07) is 5.35. The second-order valence-corrected chi connectivity index (χ2v) is 6.65. The first-order valence-corrected chi connectivity index (χ1v) is 8.52. The number of aryl methyl sites for hydroxylation is 3. The number of anilines is 1. The van der Waals surface area contributed by atoms with Crippen molar-refractivity contribution < 1.29 is 14.1 Å². The van der Waals surface area contributed by atoms with E-state index in [1.165, 1.54) is 0 Å². The van der Waals surface area contributed by atoms with Gasteiger partial charge in [-0.15, -0.1) is 0 Å². The van der Waals surface area contributed by atoms with Gasteiger partial charge in [-0.2, -0.15) is 0 Å². The van der Waals surface area contributed by atoms with Gasteiger partial charge in [-0.25, -0.2) is 4.79 Å². The van der Waals surface area contributed by atoms with Crippen LogP contribution < -0.4 is 15.4 Å². The zero-order chi connectivity index (χ0) is 18.6. The van der Waals surface area contributed by atoms with Crippen molar-refractivity contribution in [1.82, 2.24) is 10.5 Å². The first-order valence-electron chi connectivity index (χ1n) is 8.52. The van der Waals surface area contributed by atoms with Crippen molar-refractivity contribution in [3.63, 3.8) is 0 Å². The quantitative estimate of drug-likeness (QED) is 0.825. The number of amides is 2. The highest BCUT2D eigenvalue weighted by Gasteiger charge is 2.15. The summed E-state index contributed by atoms with van der Waals surface area (Å²) in [6.45, 7) is 11.6. The van der Waals surface area contributed by atoms with Crippen LogP contribution in [-0.2, 0) is 6.42 Å². The second kappa shape index (κ2) is 8.05. The highest BCUT2D eigenvalue weighted by molar-refractivity contribution is 5.90. The topological polar surface area (TPSA) is 76.4 Å². The number of hydrogen-bond donors (Lipinski definition) is 2. The molecule has 2 amide bonds. The minimum Gasteiger partial charge on any atom is -0.491 e. The summed E-state index contributed by atoms with van der Waals surface area (Å²) < 4.78 is 10.8. The molecule has 6 heteroatoms. The summed E-state index contributed by atoms with van der Waals surface area (Å²) in [4.78, 5) is 12.2. The van der Waals surface area contributed by atoms with E-state index >= 15 is 0 Å². The minimum absolute atomic E-state index is 0.0411. The molecule has 2 aromatic rings. The summed E-state index contributed by atoms with van der Waals surface area (Å²) in [5.41, 5.74) is 3.62. The second-order valence-electron chi connectivity index (χ2n) is 6.65. The van der Waals surface area contributed by atoms with Crippen LogP contribution in [-0.4, -0.2) is 23.3 Å². The lowest BCUT2D eigenvalue weighted by molar-refractivity contribution is 0.242. The lowest BCUT2D eigenvalue weighted by Gasteiger charge is -2.16. The average molecular weight is 345 g/mol. The fourth-order valence-corrected chi connectivity index (χ4v) is 2.65. The van der Waals surface area contributed by atoms with Crippen molar-refractivity contribution in [3.05, 3.63) is 40.8 Å². The van der Waals surface area contributed by atoms with Gasteiger partial charge in [-0.1, -0.05) is 5.16 Å². The predicted octanol–water partition coefficient (Wildman–Crippen LogP) is 4.14. The van der Waals surface area contributed by atoms with Gasteiger partial charge in [0.2, 0.25) is 0 Å². The molecule has 0 radical (unpaired) electrons. The van der Waals surface area contributed by atoms with Crippen molar-refractivity contribution in [2.24, 2.45) is 0 Å². The summed E-state index contributed by atoms with van der Waals surface area (Å²) in [5.74, 6) is 1.59. The third kappa shape index (κ3) is 5.24. The van der Waals surface area contributed by atoms with Gasteiger partial charge in [0.1, 0.15) is 11.5 Å². The molecule has 1 aromatic heterocycles. The molecule has 0 aliphatic heterocycles. The number of urea groups is 1. The van der Waals surface area contributed by atoms with Crippen LogP contribution in [0.4, 0.5) is 10.5 Å². The first-order chi connectivity index (χ1) is 11.8. The molecule has 2 N–H and O–H groups in total. The van der Waals surface area contributed by atoms with Gasteiger partial charge in [0.05, 0.1) is 11.8 Å². The molecule has 136 valence electrons. The summed E-state index contributed by atoms with van der Waals surface area (Å²) in [7, 11) is 0. The van der Waals surface area contributed by atoms with Crippen LogP contribution in [0, 0.1) is 20.8 Å². The predicted molar refractivity (Wildman–Crippen MR) is 98.2 cm³/mol. The van der Waals surface area contributed by atoms with Crippen LogP contribution in [0.25, 0.3) is 0 Å². The molecule has 0 unspecified atom stereocenters. The Balaban J connectivity index is 1.93. The van der Waals surface area contributed by atoms with E-state index in [0.717, 1.165) is 34.0 Å². The number of benzene rings is 1. The van der Waals surface area contributed by atoms with Crippen LogP contribution in [0.2, 0.25) is 0 Å². The van der Waals surface area contributed by atoms with Gasteiger partial charge in [-0.3, -0.25) is 0 Å². The number of hydrogen-bond acceptors (Lipinski definition) is 4. The number of aromatic nitrogens is 1. The maximum atomic E-state index is 12.2. The number of ether oxygens (including phenoxy) is 1. The smallest absolute Gasteiger partial charge is 0.319 e. The number of carbonyl (C=O) groups excluding carboxylic acids is 1. The van der Waals surface area contributed by atoms with E-state index in [2.05, 4.69) is 15.8 Å². The fraction of sp³-hybridized carbons (Fsp3) is 0.474. The van der Waals surface area contributed by atoms with Crippen LogP contribution >= 0.6 is 0 Å². The molecule has 0 fully saturated rings. The number of nitrogens with zero attached hydrogens (tertiary/aromatic N) is 1. The van der Waals surface area contributed by atoms with Crippen molar-refractivity contribution in [2.45, 2.75) is 60.1 Å². The van der Waals surface area contributed by atoms with Crippen LogP contribution in [0.5, 0.6) is 5.75 Å². The Hall–Kier alpha value is -2.50. The van der Waals surface area contributed by atoms with E-state index < -0.39 is 0 Å². The molecule has 0 spiro atoms. The van der Waals surface area contributed by atoms with E-state index in [-0.39, 0.29) is 18.2 Å². The molecule has 1 atom stereocenters. The molecule has 0 saturated heterocycles. The van der Waals surface area contributed by atoms with Crippen molar-refractivity contribution in [2.75, 3.05) is 5.32 Å². The van der Waals surface area contributed by atoms with Crippen LogP contribution in [0.3, 0.4) is 0 Å². The molecule has 1 heterocycles. The maximum Gasteiger partial charge on any atom is 0.319 e. The Bertz CT molecular complexity index is 718. The summed E-state index contributed by atoms with van der Waals surface area (Å²) in [6.07, 6.45) is 0.793. The van der Waals surface area contributed by atoms with Gasteiger partial charge >= 0.3 is 6.03 Å². The Morgan fingerprint density at radius 1 is 1.24 bits per heavy atom. The molecule has 6 nitrogen and oxygen atoms in total. The number of rotatable bonds is 6. The van der Waals surface area contributed by atoms with Gasteiger partial charge in [0.15, 0.2) is 0 Å². The average Bonchev–Trinajstić information content (AvgIpc) is 2.81. The lowest BCUT2D eigenvalue weighted by Crippen LogP contribution is -2.37. The molecule has 2 rings (SSSR count). The van der Waals surface area contributed by atoms with Gasteiger partial charge in [0, 0.05) is 17.3 Å². The largest absolute Gasteiger partial charge is 0.491 e. The van der Waals surface area contributed by atoms with Crippen LogP contribution in [0.1, 0.15) is 43.4 Å². The summed E-state index contributed by atoms with van der Waals surface area (Å²) >= 11 is 0. The van der Waals surface area contributed by atoms with E-state index in [4.69, 9.17) is 9.26 Å². The standard InChI is InChI=1S/C19H27N3O3/c1-11(2)24-16-7-8-18(12(3)9-16)21-19(23)20-13(4)10-17-14(5)22-25-15(17)6/h7-9,11,13H,10H2,1-6H3,(H2,20,21,23)/t13-/m0/s1. The maximum absolute atomic E-state index is 12.2. The Morgan fingerprint density at radius 3 is 2.52 bits per heavy atom. The molecule has 0 bridgehead atoms. The molecule has 1 aromatic carbocycles. The third-order valence-corrected chi connectivity index (χ3v) is 3.89. The highest BCUT2D eigenvalue weighted by atomic mass is 16.5. The lowest BCUT2D eigenvalue weighted by atomic mass is 10.1. The van der Waals surface area contributed by atoms with Crippen molar-refractivity contribution >= 4 is 11.7 Å². The summed E-state index contributed by atoms with van der Waals surface area (Å²) in [5, 5.41) is 9.77. The monoisotopic (exact) mass is 345 g/mol.